The van der Waals surface area contributed by atoms with Gasteiger partial charge < -0.3 is 4.90 Å². The second-order valence-corrected chi connectivity index (χ2v) is 11.9. The van der Waals surface area contributed by atoms with Gasteiger partial charge in [0.2, 0.25) is 0 Å². The van der Waals surface area contributed by atoms with Crippen LogP contribution in [0.25, 0.3) is 0 Å². The highest BCUT2D eigenvalue weighted by Crippen LogP contribution is 2.61. The molecule has 2 aromatic carbocycles. The lowest BCUT2D eigenvalue weighted by molar-refractivity contribution is 1.07. The smallest absolute Gasteiger partial charge is 0.0718 e. The van der Waals surface area contributed by atoms with Gasteiger partial charge >= 0.3 is 0 Å². The van der Waals surface area contributed by atoms with Crippen LogP contribution in [0.5, 0.6) is 0 Å². The van der Waals surface area contributed by atoms with Crippen LogP contribution in [0.4, 0.5) is 11.4 Å². The van der Waals surface area contributed by atoms with Crippen molar-refractivity contribution in [1.82, 2.24) is 0 Å². The molecule has 2 aromatic rings. The third-order valence-electron chi connectivity index (χ3n) is 3.28. The van der Waals surface area contributed by atoms with Crippen molar-refractivity contribution in [2.75, 3.05) is 11.9 Å². The average molecular weight is 844 g/mol. The molecule has 1 aliphatic heterocycles. The zero-order chi connectivity index (χ0) is 17.2. The topological polar surface area (TPSA) is 3.24 Å². The molecule has 3 rings (SSSR count). The van der Waals surface area contributed by atoms with Gasteiger partial charge in [-0.25, -0.2) is 0 Å². The van der Waals surface area contributed by atoms with Gasteiger partial charge in [0.05, 0.1) is 30.1 Å². The summed E-state index contributed by atoms with van der Waals surface area (Å²) in [6.07, 6.45) is 0. The Balaban J connectivity index is 2.40. The standard InChI is InChI=1S/C13H3Br8NS/c1-22-10-6(18)2(14)4(16)8(20)12(10)23-13-9(21)5(17)3(15)7(19)11(13)22/h1H3. The Kier molecular flexibility index (Phi) is 6.53. The molecule has 0 bridgehead atoms. The van der Waals surface area contributed by atoms with Crippen molar-refractivity contribution in [3.05, 3.63) is 35.8 Å². The van der Waals surface area contributed by atoms with Crippen molar-refractivity contribution in [2.24, 2.45) is 0 Å². The molecule has 0 saturated carbocycles. The fourth-order valence-corrected chi connectivity index (χ4v) is 9.19. The zero-order valence-electron chi connectivity index (χ0n) is 10.9. The van der Waals surface area contributed by atoms with Gasteiger partial charge in [-0.3, -0.25) is 0 Å². The predicted molar refractivity (Wildman–Crippen MR) is 127 cm³/mol. The fraction of sp³-hybridized carbons (Fsp3) is 0.0769. The molecule has 0 aliphatic carbocycles. The third kappa shape index (κ3) is 3.15. The molecule has 0 amide bonds. The van der Waals surface area contributed by atoms with Crippen LogP contribution < -0.4 is 4.90 Å². The maximum absolute atomic E-state index is 3.72. The van der Waals surface area contributed by atoms with Crippen molar-refractivity contribution in [3.8, 4) is 0 Å². The van der Waals surface area contributed by atoms with E-state index in [1.807, 2.05) is 0 Å². The minimum absolute atomic E-state index is 0.977. The molecule has 0 atom stereocenters. The first-order chi connectivity index (χ1) is 10.7. The fourth-order valence-electron chi connectivity index (χ4n) is 2.20. The summed E-state index contributed by atoms with van der Waals surface area (Å²) in [5.41, 5.74) is 2.21. The molecule has 0 saturated heterocycles. The van der Waals surface area contributed by atoms with Gasteiger partial charge in [0.1, 0.15) is 0 Å². The Hall–Kier alpha value is 2.43. The minimum atomic E-state index is 0.977. The van der Waals surface area contributed by atoms with Crippen molar-refractivity contribution in [3.63, 3.8) is 0 Å². The summed E-state index contributed by atoms with van der Waals surface area (Å²) < 4.78 is 7.98. The average Bonchev–Trinajstić information content (AvgIpc) is 2.53. The summed E-state index contributed by atoms with van der Waals surface area (Å²) in [6.45, 7) is 0. The zero-order valence-corrected chi connectivity index (χ0v) is 24.4. The summed E-state index contributed by atoms with van der Waals surface area (Å²) in [7, 11) is 2.06. The summed E-state index contributed by atoms with van der Waals surface area (Å²) in [5.74, 6) is 0. The van der Waals surface area contributed by atoms with E-state index >= 15 is 0 Å². The van der Waals surface area contributed by atoms with E-state index in [1.54, 1.807) is 11.8 Å². The lowest BCUT2D eigenvalue weighted by atomic mass is 10.2. The van der Waals surface area contributed by atoms with Crippen LogP contribution in [0.15, 0.2) is 45.6 Å². The minimum Gasteiger partial charge on any atom is -0.341 e. The maximum atomic E-state index is 3.72. The second-order valence-electron chi connectivity index (χ2n) is 4.53. The van der Waals surface area contributed by atoms with Gasteiger partial charge in [-0.15, -0.1) is 0 Å². The number of anilines is 2. The summed E-state index contributed by atoms with van der Waals surface area (Å²) in [4.78, 5) is 4.46. The first-order valence-corrected chi connectivity index (χ1v) is 13.0. The van der Waals surface area contributed by atoms with Crippen molar-refractivity contribution in [2.45, 2.75) is 9.79 Å². The maximum Gasteiger partial charge on any atom is 0.0718 e. The number of hydrogen-bond donors (Lipinski definition) is 0. The van der Waals surface area contributed by atoms with Crippen molar-refractivity contribution >= 4 is 151 Å². The Morgan fingerprint density at radius 3 is 1.17 bits per heavy atom. The predicted octanol–water partition coefficient (Wildman–Crippen LogP) is 10.0. The highest BCUT2D eigenvalue weighted by molar-refractivity contribution is 9.15. The van der Waals surface area contributed by atoms with Gasteiger partial charge in [0, 0.05) is 33.9 Å². The molecule has 1 heterocycles. The van der Waals surface area contributed by atoms with E-state index < -0.39 is 0 Å². The Labute approximate surface area is 205 Å². The number of nitrogens with zero attached hydrogens (tertiary/aromatic N) is 1. The van der Waals surface area contributed by atoms with E-state index in [0.29, 0.717) is 0 Å². The molecule has 0 unspecified atom stereocenters. The number of rotatable bonds is 0. The number of benzene rings is 2. The molecule has 122 valence electrons. The largest absolute Gasteiger partial charge is 0.341 e. The highest BCUT2D eigenvalue weighted by Gasteiger charge is 2.33. The SMILES string of the molecule is CN1c2c(Br)c(Br)c(Br)c(Br)c2Sc2c(Br)c(Br)c(Br)c(Br)c21. The van der Waals surface area contributed by atoms with Crippen LogP contribution in [-0.4, -0.2) is 7.05 Å². The van der Waals surface area contributed by atoms with Crippen LogP contribution in [-0.2, 0) is 0 Å². The van der Waals surface area contributed by atoms with Gasteiger partial charge in [-0.05, 0) is 127 Å². The first kappa shape index (κ1) is 20.2. The number of hydrogen-bond acceptors (Lipinski definition) is 2. The molecule has 0 N–H and O–H groups in total. The van der Waals surface area contributed by atoms with Gasteiger partial charge in [0.15, 0.2) is 0 Å². The highest BCUT2D eigenvalue weighted by atomic mass is 79.9. The van der Waals surface area contributed by atoms with Crippen LogP contribution in [0.2, 0.25) is 0 Å². The number of fused-ring (bicyclic) bond motifs is 2. The van der Waals surface area contributed by atoms with Crippen molar-refractivity contribution in [1.29, 1.82) is 0 Å². The molecule has 0 spiro atoms. The molecule has 0 aromatic heterocycles. The molecule has 23 heavy (non-hydrogen) atoms. The lowest BCUT2D eigenvalue weighted by Crippen LogP contribution is -2.17. The van der Waals surface area contributed by atoms with E-state index in [2.05, 4.69) is 139 Å². The molecule has 0 radical (unpaired) electrons. The molecule has 1 aliphatic rings. The Bertz CT molecular complexity index is 797. The third-order valence-corrected chi connectivity index (χ3v) is 14.5. The van der Waals surface area contributed by atoms with Crippen LogP contribution in [0.1, 0.15) is 0 Å². The first-order valence-electron chi connectivity index (χ1n) is 5.81. The van der Waals surface area contributed by atoms with E-state index in [-0.39, 0.29) is 0 Å². The van der Waals surface area contributed by atoms with Crippen LogP contribution in [0, 0.1) is 0 Å². The normalized spacial score (nSPS) is 13.2. The Morgan fingerprint density at radius 1 is 0.522 bits per heavy atom. The van der Waals surface area contributed by atoms with E-state index in [4.69, 9.17) is 0 Å². The summed E-state index contributed by atoms with van der Waals surface area (Å²) >= 11 is 31.1. The molecule has 10 heteroatoms. The summed E-state index contributed by atoms with van der Waals surface area (Å²) in [5, 5.41) is 0. The Morgan fingerprint density at radius 2 is 0.826 bits per heavy atom. The molecule has 0 fully saturated rings. The lowest BCUT2D eigenvalue weighted by Gasteiger charge is -2.34. The van der Waals surface area contributed by atoms with Crippen LogP contribution >= 0.6 is 139 Å². The number of halogens is 8. The van der Waals surface area contributed by atoms with E-state index in [0.717, 1.165) is 56.9 Å². The monoisotopic (exact) mass is 836 g/mol. The van der Waals surface area contributed by atoms with Crippen molar-refractivity contribution < 1.29 is 0 Å². The van der Waals surface area contributed by atoms with E-state index in [1.165, 1.54) is 0 Å². The summed E-state index contributed by atoms with van der Waals surface area (Å²) in [6, 6.07) is 0. The quantitative estimate of drug-likeness (QED) is 0.192. The second kappa shape index (κ2) is 7.45. The van der Waals surface area contributed by atoms with Gasteiger partial charge in [-0.2, -0.15) is 0 Å². The molecule has 1 nitrogen and oxygen atoms in total. The van der Waals surface area contributed by atoms with Gasteiger partial charge in [-0.1, -0.05) is 11.8 Å². The molecular formula is C13H3Br8NS. The van der Waals surface area contributed by atoms with E-state index in [9.17, 15) is 0 Å². The van der Waals surface area contributed by atoms with Crippen LogP contribution in [0.3, 0.4) is 0 Å². The molecular weight excluding hydrogens is 841 g/mol. The van der Waals surface area contributed by atoms with Gasteiger partial charge in [0.25, 0.3) is 0 Å².